The lowest BCUT2D eigenvalue weighted by Crippen LogP contribution is -2.23. The fraction of sp³-hybridized carbons (Fsp3) is 0.750. The van der Waals surface area contributed by atoms with Crippen LogP contribution in [0.1, 0.15) is 27.7 Å². The molecule has 0 aliphatic carbocycles. The first-order valence-electron chi connectivity index (χ1n) is 6.29. The van der Waals surface area contributed by atoms with Crippen LogP contribution in [-0.4, -0.2) is 34.1 Å². The highest BCUT2D eigenvalue weighted by Gasteiger charge is 2.28. The summed E-state index contributed by atoms with van der Waals surface area (Å²) in [4.78, 5) is 14.6. The van der Waals surface area contributed by atoms with E-state index in [2.05, 4.69) is 33.7 Å². The second-order valence-corrected chi connectivity index (χ2v) is 5.55. The van der Waals surface area contributed by atoms with Gasteiger partial charge < -0.3 is 9.64 Å². The van der Waals surface area contributed by atoms with Gasteiger partial charge in [0.15, 0.2) is 0 Å². The van der Waals surface area contributed by atoms with E-state index in [1.165, 1.54) is 0 Å². The van der Waals surface area contributed by atoms with Gasteiger partial charge in [-0.2, -0.15) is 15.0 Å². The van der Waals surface area contributed by atoms with Crippen LogP contribution >= 0.6 is 11.6 Å². The molecule has 2 atom stereocenters. The molecular formula is C12H19ClN4O. The van der Waals surface area contributed by atoms with Gasteiger partial charge in [-0.25, -0.2) is 0 Å². The van der Waals surface area contributed by atoms with Crippen LogP contribution < -0.4 is 9.64 Å². The lowest BCUT2D eigenvalue weighted by Gasteiger charge is -2.16. The Hall–Kier alpha value is -1.10. The van der Waals surface area contributed by atoms with Crippen molar-refractivity contribution in [3.8, 4) is 6.01 Å². The molecule has 0 saturated carbocycles. The van der Waals surface area contributed by atoms with E-state index < -0.39 is 0 Å². The first-order valence-corrected chi connectivity index (χ1v) is 6.66. The van der Waals surface area contributed by atoms with Gasteiger partial charge in [0, 0.05) is 13.1 Å². The maximum atomic E-state index is 5.92. The summed E-state index contributed by atoms with van der Waals surface area (Å²) >= 11 is 5.92. The van der Waals surface area contributed by atoms with E-state index in [4.69, 9.17) is 16.3 Å². The predicted molar refractivity (Wildman–Crippen MR) is 71.1 cm³/mol. The zero-order chi connectivity index (χ0) is 13.3. The summed E-state index contributed by atoms with van der Waals surface area (Å²) < 4.78 is 5.48. The molecule has 1 aromatic rings. The van der Waals surface area contributed by atoms with Crippen LogP contribution in [0.15, 0.2) is 0 Å². The van der Waals surface area contributed by atoms with Gasteiger partial charge >= 0.3 is 6.01 Å². The largest absolute Gasteiger partial charge is 0.461 e. The molecule has 0 spiro atoms. The predicted octanol–water partition coefficient (Wildman–Crippen LogP) is 2.40. The number of anilines is 1. The molecule has 2 rings (SSSR count). The molecule has 6 heteroatoms. The van der Waals surface area contributed by atoms with Crippen molar-refractivity contribution in [2.45, 2.75) is 33.8 Å². The monoisotopic (exact) mass is 270 g/mol. The molecule has 0 N–H and O–H groups in total. The molecular weight excluding hydrogens is 252 g/mol. The van der Waals surface area contributed by atoms with Crippen molar-refractivity contribution in [3.63, 3.8) is 0 Å². The molecule has 100 valence electrons. The number of nitrogens with zero attached hydrogens (tertiary/aromatic N) is 4. The molecule has 0 amide bonds. The quantitative estimate of drug-likeness (QED) is 0.844. The molecule has 0 radical (unpaired) electrons. The van der Waals surface area contributed by atoms with Crippen LogP contribution in [0.5, 0.6) is 6.01 Å². The van der Waals surface area contributed by atoms with E-state index in [0.717, 1.165) is 13.1 Å². The van der Waals surface area contributed by atoms with E-state index in [9.17, 15) is 0 Å². The van der Waals surface area contributed by atoms with Crippen molar-refractivity contribution in [2.24, 2.45) is 11.8 Å². The Morgan fingerprint density at radius 2 is 1.78 bits per heavy atom. The number of halogens is 1. The summed E-state index contributed by atoms with van der Waals surface area (Å²) in [5, 5.41) is 0.183. The molecule has 0 bridgehead atoms. The van der Waals surface area contributed by atoms with Crippen molar-refractivity contribution < 1.29 is 4.74 Å². The summed E-state index contributed by atoms with van der Waals surface area (Å²) in [6.45, 7) is 10.2. The second kappa shape index (κ2) is 5.26. The van der Waals surface area contributed by atoms with Gasteiger partial charge in [-0.1, -0.05) is 13.8 Å². The zero-order valence-electron chi connectivity index (χ0n) is 11.2. The first-order chi connectivity index (χ1) is 8.45. The van der Waals surface area contributed by atoms with Gasteiger partial charge in [0.25, 0.3) is 0 Å². The summed E-state index contributed by atoms with van der Waals surface area (Å²) in [5.41, 5.74) is 0. The third kappa shape index (κ3) is 3.02. The Labute approximate surface area is 113 Å². The third-order valence-corrected chi connectivity index (χ3v) is 3.36. The molecule has 0 aromatic carbocycles. The van der Waals surface area contributed by atoms with Crippen molar-refractivity contribution in [2.75, 3.05) is 18.0 Å². The van der Waals surface area contributed by atoms with Gasteiger partial charge in [0.1, 0.15) is 0 Å². The minimum absolute atomic E-state index is 0.0211. The average Bonchev–Trinajstić information content (AvgIpc) is 2.57. The topological polar surface area (TPSA) is 51.1 Å². The van der Waals surface area contributed by atoms with Crippen LogP contribution in [0.4, 0.5) is 5.95 Å². The SMILES string of the molecule is CC(C)Oc1nc(Cl)nc(N2CC(C)C(C)C2)n1. The fourth-order valence-electron chi connectivity index (χ4n) is 2.02. The smallest absolute Gasteiger partial charge is 0.322 e. The van der Waals surface area contributed by atoms with E-state index in [1.54, 1.807) is 0 Å². The molecule has 2 unspecified atom stereocenters. The number of aromatic nitrogens is 3. The van der Waals surface area contributed by atoms with Crippen LogP contribution in [0.3, 0.4) is 0 Å². The molecule has 2 heterocycles. The first kappa shape index (κ1) is 13.3. The van der Waals surface area contributed by atoms with Crippen molar-refractivity contribution in [1.29, 1.82) is 0 Å². The lowest BCUT2D eigenvalue weighted by molar-refractivity contribution is 0.221. The van der Waals surface area contributed by atoms with Gasteiger partial charge in [-0.15, -0.1) is 0 Å². The lowest BCUT2D eigenvalue weighted by atomic mass is 10.0. The Kier molecular flexibility index (Phi) is 3.90. The minimum atomic E-state index is 0.0211. The Morgan fingerprint density at radius 3 is 2.33 bits per heavy atom. The Balaban J connectivity index is 2.20. The van der Waals surface area contributed by atoms with E-state index >= 15 is 0 Å². The van der Waals surface area contributed by atoms with Crippen molar-refractivity contribution in [1.82, 2.24) is 15.0 Å². The van der Waals surface area contributed by atoms with Gasteiger partial charge in [0.2, 0.25) is 11.2 Å². The minimum Gasteiger partial charge on any atom is -0.461 e. The second-order valence-electron chi connectivity index (χ2n) is 5.21. The van der Waals surface area contributed by atoms with E-state index in [1.807, 2.05) is 13.8 Å². The molecule has 1 aliphatic rings. The summed E-state index contributed by atoms with van der Waals surface area (Å²) in [5.74, 6) is 1.88. The maximum absolute atomic E-state index is 5.92. The molecule has 1 aliphatic heterocycles. The summed E-state index contributed by atoms with van der Waals surface area (Å²) in [6, 6.07) is 0.298. The van der Waals surface area contributed by atoms with Gasteiger partial charge in [-0.3, -0.25) is 0 Å². The maximum Gasteiger partial charge on any atom is 0.322 e. The van der Waals surface area contributed by atoms with E-state index in [0.29, 0.717) is 23.8 Å². The number of hydrogen-bond acceptors (Lipinski definition) is 5. The number of ether oxygens (including phenoxy) is 1. The van der Waals surface area contributed by atoms with Crippen molar-refractivity contribution in [3.05, 3.63) is 5.28 Å². The normalized spacial score (nSPS) is 23.8. The fourth-order valence-corrected chi connectivity index (χ4v) is 2.17. The highest BCUT2D eigenvalue weighted by molar-refractivity contribution is 6.28. The van der Waals surface area contributed by atoms with Crippen LogP contribution in [0.25, 0.3) is 0 Å². The van der Waals surface area contributed by atoms with Crippen LogP contribution in [0.2, 0.25) is 5.28 Å². The van der Waals surface area contributed by atoms with Gasteiger partial charge in [-0.05, 0) is 37.3 Å². The van der Waals surface area contributed by atoms with Crippen LogP contribution in [-0.2, 0) is 0 Å². The molecule has 18 heavy (non-hydrogen) atoms. The zero-order valence-corrected chi connectivity index (χ0v) is 12.0. The highest BCUT2D eigenvalue weighted by atomic mass is 35.5. The Morgan fingerprint density at radius 1 is 1.17 bits per heavy atom. The number of hydrogen-bond donors (Lipinski definition) is 0. The van der Waals surface area contributed by atoms with Crippen LogP contribution in [0, 0.1) is 11.8 Å². The highest BCUT2D eigenvalue weighted by Crippen LogP contribution is 2.26. The average molecular weight is 271 g/mol. The van der Waals surface area contributed by atoms with Gasteiger partial charge in [0.05, 0.1) is 6.10 Å². The summed E-state index contributed by atoms with van der Waals surface area (Å²) in [6.07, 6.45) is 0.0211. The summed E-state index contributed by atoms with van der Waals surface area (Å²) in [7, 11) is 0. The molecule has 1 aromatic heterocycles. The Bertz CT molecular complexity index is 417. The third-order valence-electron chi connectivity index (χ3n) is 3.19. The number of rotatable bonds is 3. The molecule has 1 fully saturated rings. The van der Waals surface area contributed by atoms with Crippen molar-refractivity contribution >= 4 is 17.5 Å². The standard InChI is InChI=1S/C12H19ClN4O/c1-7(2)18-12-15-10(13)14-11(16-12)17-5-8(3)9(4)6-17/h7-9H,5-6H2,1-4H3. The molecule has 5 nitrogen and oxygen atoms in total. The molecule has 1 saturated heterocycles. The van der Waals surface area contributed by atoms with E-state index in [-0.39, 0.29) is 11.4 Å².